The van der Waals surface area contributed by atoms with Crippen LogP contribution >= 0.6 is 0 Å². The molecule has 2 atom stereocenters. The van der Waals surface area contributed by atoms with Crippen molar-refractivity contribution in [3.8, 4) is 12.1 Å². The van der Waals surface area contributed by atoms with Crippen LogP contribution in [0.2, 0.25) is 0 Å². The van der Waals surface area contributed by atoms with Crippen molar-refractivity contribution >= 4 is 11.9 Å². The van der Waals surface area contributed by atoms with E-state index in [4.69, 9.17) is 0 Å². The number of likely N-dealkylation sites (tertiary alicyclic amines) is 1. The lowest BCUT2D eigenvalue weighted by Crippen LogP contribution is -2.47. The smallest absolute Gasteiger partial charge is 0.238 e. The summed E-state index contributed by atoms with van der Waals surface area (Å²) in [5.41, 5.74) is 0. The van der Waals surface area contributed by atoms with Crippen molar-refractivity contribution in [3.05, 3.63) is 18.5 Å². The van der Waals surface area contributed by atoms with Gasteiger partial charge >= 0.3 is 0 Å². The molecule has 1 aromatic heterocycles. The summed E-state index contributed by atoms with van der Waals surface area (Å²) >= 11 is 0. The summed E-state index contributed by atoms with van der Waals surface area (Å²) in [6, 6.07) is 5.73. The maximum absolute atomic E-state index is 12.5. The highest BCUT2D eigenvalue weighted by Crippen LogP contribution is 2.24. The van der Waals surface area contributed by atoms with E-state index in [9.17, 15) is 15.3 Å². The zero-order valence-electron chi connectivity index (χ0n) is 14.6. The molecule has 2 heterocycles. The zero-order chi connectivity index (χ0) is 18.4. The van der Waals surface area contributed by atoms with Gasteiger partial charge in [0.05, 0.1) is 18.7 Å². The van der Waals surface area contributed by atoms with E-state index >= 15 is 0 Å². The summed E-state index contributed by atoms with van der Waals surface area (Å²) in [5, 5.41) is 25.0. The Balaban J connectivity index is 1.43. The van der Waals surface area contributed by atoms with Gasteiger partial charge in [0.2, 0.25) is 11.9 Å². The van der Waals surface area contributed by atoms with Crippen LogP contribution in [0.1, 0.15) is 38.5 Å². The lowest BCUT2D eigenvalue weighted by molar-refractivity contribution is -0.131. The number of carbonyl (C=O) groups is 1. The maximum atomic E-state index is 12.5. The molecule has 2 aliphatic rings. The van der Waals surface area contributed by atoms with E-state index in [2.05, 4.69) is 32.7 Å². The Morgan fingerprint density at radius 2 is 1.62 bits per heavy atom. The van der Waals surface area contributed by atoms with E-state index < -0.39 is 12.1 Å². The molecule has 1 saturated heterocycles. The topological polar surface area (TPSA) is 118 Å². The fourth-order valence-electron chi connectivity index (χ4n) is 3.73. The summed E-state index contributed by atoms with van der Waals surface area (Å²) in [5.74, 6) is 0.497. The van der Waals surface area contributed by atoms with Crippen LogP contribution in [0.15, 0.2) is 18.5 Å². The highest BCUT2D eigenvalue weighted by molar-refractivity contribution is 5.80. The van der Waals surface area contributed by atoms with Gasteiger partial charge in [0.15, 0.2) is 0 Å². The number of anilines is 1. The Labute approximate surface area is 153 Å². The lowest BCUT2D eigenvalue weighted by Gasteiger charge is -2.30. The molecule has 1 saturated carbocycles. The van der Waals surface area contributed by atoms with Gasteiger partial charge in [-0.1, -0.05) is 0 Å². The second-order valence-electron chi connectivity index (χ2n) is 6.81. The molecular formula is C18H23N7O. The van der Waals surface area contributed by atoms with Crippen molar-refractivity contribution in [1.82, 2.24) is 20.2 Å². The van der Waals surface area contributed by atoms with Crippen molar-refractivity contribution in [1.29, 1.82) is 10.5 Å². The quantitative estimate of drug-likeness (QED) is 0.816. The molecule has 2 N–H and O–H groups in total. The molecule has 0 spiro atoms. The second kappa shape index (κ2) is 8.59. The van der Waals surface area contributed by atoms with Gasteiger partial charge in [0.1, 0.15) is 12.1 Å². The van der Waals surface area contributed by atoms with E-state index in [0.717, 1.165) is 25.7 Å². The molecule has 136 valence electrons. The number of hydrogen-bond donors (Lipinski definition) is 2. The summed E-state index contributed by atoms with van der Waals surface area (Å²) < 4.78 is 0. The van der Waals surface area contributed by atoms with Gasteiger partial charge in [0.25, 0.3) is 0 Å². The van der Waals surface area contributed by atoms with Crippen molar-refractivity contribution in [2.24, 2.45) is 0 Å². The predicted octanol–water partition coefficient (Wildman–Crippen LogP) is 1.20. The average molecular weight is 353 g/mol. The number of nitrogens with one attached hydrogen (secondary N) is 2. The van der Waals surface area contributed by atoms with Crippen molar-refractivity contribution in [3.63, 3.8) is 0 Å². The fraction of sp³-hybridized carbons (Fsp3) is 0.611. The van der Waals surface area contributed by atoms with Crippen molar-refractivity contribution < 1.29 is 4.79 Å². The van der Waals surface area contributed by atoms with Gasteiger partial charge in [-0.25, -0.2) is 9.97 Å². The van der Waals surface area contributed by atoms with Crippen LogP contribution in [-0.4, -0.2) is 51.5 Å². The molecule has 0 bridgehead atoms. The second-order valence-corrected chi connectivity index (χ2v) is 6.81. The SMILES string of the molecule is N#C[C@@H]1CC[C@H](C#N)N1C(=O)CNC1CCC(Nc2ncccn2)CC1. The number of amides is 1. The van der Waals surface area contributed by atoms with Crippen molar-refractivity contribution in [2.75, 3.05) is 11.9 Å². The largest absolute Gasteiger partial charge is 0.351 e. The zero-order valence-corrected chi connectivity index (χ0v) is 14.6. The van der Waals surface area contributed by atoms with Gasteiger partial charge in [-0.2, -0.15) is 10.5 Å². The first kappa shape index (κ1) is 18.1. The standard InChI is InChI=1S/C18H23N7O/c19-10-15-6-7-16(11-20)25(15)17(26)12-23-13-2-4-14(5-3-13)24-18-21-8-1-9-22-18/h1,8-9,13-16,23H,2-7,12H2,(H,21,22,24)/t13?,14?,15-,16+. The van der Waals surface area contributed by atoms with Gasteiger partial charge in [-0.15, -0.1) is 0 Å². The molecule has 1 aliphatic heterocycles. The number of rotatable bonds is 5. The normalized spacial score (nSPS) is 28.2. The minimum absolute atomic E-state index is 0.154. The van der Waals surface area contributed by atoms with Gasteiger partial charge < -0.3 is 15.5 Å². The predicted molar refractivity (Wildman–Crippen MR) is 94.6 cm³/mol. The monoisotopic (exact) mass is 353 g/mol. The number of nitriles is 2. The molecule has 1 amide bonds. The molecule has 0 radical (unpaired) electrons. The summed E-state index contributed by atoms with van der Waals surface area (Å²) in [7, 11) is 0. The number of aromatic nitrogens is 2. The molecule has 1 aromatic rings. The maximum Gasteiger partial charge on any atom is 0.238 e. The first-order valence-corrected chi connectivity index (χ1v) is 9.08. The van der Waals surface area contributed by atoms with Gasteiger partial charge in [-0.3, -0.25) is 4.79 Å². The van der Waals surface area contributed by atoms with E-state index in [1.807, 2.05) is 0 Å². The van der Waals surface area contributed by atoms with Crippen LogP contribution in [0, 0.1) is 22.7 Å². The average Bonchev–Trinajstić information content (AvgIpc) is 3.11. The molecule has 0 aromatic carbocycles. The van der Waals surface area contributed by atoms with Gasteiger partial charge in [-0.05, 0) is 44.6 Å². The van der Waals surface area contributed by atoms with E-state index in [1.165, 1.54) is 4.90 Å². The third-order valence-electron chi connectivity index (χ3n) is 5.14. The summed E-state index contributed by atoms with van der Waals surface area (Å²) in [6.45, 7) is 0.181. The Kier molecular flexibility index (Phi) is 5.98. The molecule has 3 rings (SSSR count). The molecule has 8 heteroatoms. The summed E-state index contributed by atoms with van der Waals surface area (Å²) in [4.78, 5) is 22.3. The lowest BCUT2D eigenvalue weighted by atomic mass is 9.91. The third kappa shape index (κ3) is 4.27. The van der Waals surface area contributed by atoms with Crippen LogP contribution in [-0.2, 0) is 4.79 Å². The Morgan fingerprint density at radius 1 is 1.04 bits per heavy atom. The van der Waals surface area contributed by atoms with E-state index in [-0.39, 0.29) is 18.5 Å². The molecule has 1 aliphatic carbocycles. The minimum Gasteiger partial charge on any atom is -0.351 e. The number of hydrogen-bond acceptors (Lipinski definition) is 7. The number of carbonyl (C=O) groups excluding carboxylic acids is 1. The van der Waals surface area contributed by atoms with Crippen LogP contribution in [0.3, 0.4) is 0 Å². The van der Waals surface area contributed by atoms with Crippen molar-refractivity contribution in [2.45, 2.75) is 62.7 Å². The Bertz CT molecular complexity index is 666. The molecular weight excluding hydrogens is 330 g/mol. The van der Waals surface area contributed by atoms with Crippen LogP contribution in [0.25, 0.3) is 0 Å². The van der Waals surface area contributed by atoms with Crippen LogP contribution in [0.4, 0.5) is 5.95 Å². The molecule has 26 heavy (non-hydrogen) atoms. The highest BCUT2D eigenvalue weighted by atomic mass is 16.2. The highest BCUT2D eigenvalue weighted by Gasteiger charge is 2.37. The van der Waals surface area contributed by atoms with Crippen LogP contribution in [0.5, 0.6) is 0 Å². The third-order valence-corrected chi connectivity index (χ3v) is 5.14. The Hall–Kier alpha value is -2.71. The van der Waals surface area contributed by atoms with E-state index in [1.54, 1.807) is 18.5 Å². The van der Waals surface area contributed by atoms with Gasteiger partial charge in [0, 0.05) is 24.5 Å². The molecule has 8 nitrogen and oxygen atoms in total. The molecule has 2 fully saturated rings. The first-order valence-electron chi connectivity index (χ1n) is 9.08. The van der Waals surface area contributed by atoms with Crippen LogP contribution < -0.4 is 10.6 Å². The Morgan fingerprint density at radius 3 is 2.19 bits per heavy atom. The van der Waals surface area contributed by atoms with E-state index in [0.29, 0.717) is 24.8 Å². The minimum atomic E-state index is -0.472. The first-order chi connectivity index (χ1) is 12.7. The fourth-order valence-corrected chi connectivity index (χ4v) is 3.73. The number of nitrogens with zero attached hydrogens (tertiary/aromatic N) is 5. The summed E-state index contributed by atoms with van der Waals surface area (Å²) in [6.07, 6.45) is 8.48. The molecule has 0 unspecified atom stereocenters.